The molecule has 1 atom stereocenters. The predicted molar refractivity (Wildman–Crippen MR) is 102 cm³/mol. The second-order valence-corrected chi connectivity index (χ2v) is 5.33. The molecule has 0 saturated heterocycles. The molecule has 0 bridgehead atoms. The normalized spacial score (nSPS) is 21.0. The number of methoxy groups -OCH3 is 1. The molecule has 1 unspecified atom stereocenters. The third-order valence-electron chi connectivity index (χ3n) is 3.43. The first kappa shape index (κ1) is 21.9. The van der Waals surface area contributed by atoms with E-state index >= 15 is 0 Å². The fourth-order valence-corrected chi connectivity index (χ4v) is 2.08. The third-order valence-corrected chi connectivity index (χ3v) is 3.43. The molecule has 2 N–H and O–H groups in total. The van der Waals surface area contributed by atoms with Gasteiger partial charge in [-0.05, 0) is 37.7 Å². The van der Waals surface area contributed by atoms with Gasteiger partial charge in [-0.15, -0.1) is 0 Å². The van der Waals surface area contributed by atoms with Crippen molar-refractivity contribution < 1.29 is 9.47 Å². The zero-order valence-corrected chi connectivity index (χ0v) is 15.6. The van der Waals surface area contributed by atoms with Crippen LogP contribution in [0, 0.1) is 10.8 Å². The smallest absolute Gasteiger partial charge is 0.220 e. The maximum Gasteiger partial charge on any atom is 0.220 e. The van der Waals surface area contributed by atoms with Crippen molar-refractivity contribution >= 4 is 12.3 Å². The fraction of sp³-hybridized carbons (Fsp3) is 0.474. The third kappa shape index (κ3) is 6.96. The van der Waals surface area contributed by atoms with Crippen molar-refractivity contribution in [2.75, 3.05) is 20.7 Å². The molecule has 0 radical (unpaired) electrons. The lowest BCUT2D eigenvalue weighted by atomic mass is 9.95. The summed E-state index contributed by atoms with van der Waals surface area (Å²) in [5, 5.41) is 14.8. The van der Waals surface area contributed by atoms with Crippen LogP contribution >= 0.6 is 0 Å². The molecule has 0 saturated carbocycles. The average molecular weight is 333 g/mol. The number of rotatable bonds is 6. The van der Waals surface area contributed by atoms with E-state index in [0.29, 0.717) is 12.0 Å². The van der Waals surface area contributed by atoms with E-state index in [1.165, 1.54) is 6.42 Å². The number of allylic oxidation sites excluding steroid dienone is 3. The molecule has 134 valence electrons. The summed E-state index contributed by atoms with van der Waals surface area (Å²) in [6.07, 6.45) is 10.6. The van der Waals surface area contributed by atoms with E-state index in [0.717, 1.165) is 24.3 Å². The molecule has 0 amide bonds. The summed E-state index contributed by atoms with van der Waals surface area (Å²) in [5.74, 6) is 0.715. The monoisotopic (exact) mass is 333 g/mol. The lowest BCUT2D eigenvalue weighted by molar-refractivity contribution is 0.301. The second kappa shape index (κ2) is 12.3. The highest BCUT2D eigenvalue weighted by Gasteiger charge is 2.21. The molecular weight excluding hydrogens is 302 g/mol. The van der Waals surface area contributed by atoms with Gasteiger partial charge in [0.2, 0.25) is 5.90 Å². The van der Waals surface area contributed by atoms with Gasteiger partial charge in [0.05, 0.1) is 13.2 Å². The number of hydrogen-bond acceptors (Lipinski definition) is 5. The fourth-order valence-electron chi connectivity index (χ4n) is 2.08. The Morgan fingerprint density at radius 3 is 2.50 bits per heavy atom. The Kier molecular flexibility index (Phi) is 11.2. The van der Waals surface area contributed by atoms with Crippen molar-refractivity contribution in [1.82, 2.24) is 4.90 Å². The molecule has 1 aliphatic rings. The van der Waals surface area contributed by atoms with Gasteiger partial charge in [0, 0.05) is 5.57 Å². The molecule has 0 fully saturated rings. The van der Waals surface area contributed by atoms with Gasteiger partial charge in [-0.1, -0.05) is 45.9 Å². The number of likely N-dealkylation sites (N-methyl/N-ethyl adjacent to an activating group) is 1. The number of hydrogen-bond donors (Lipinski definition) is 2. The molecule has 1 rings (SSSR count). The van der Waals surface area contributed by atoms with Gasteiger partial charge in [-0.3, -0.25) is 15.7 Å². The Bertz CT molecular complexity index is 519. The van der Waals surface area contributed by atoms with Gasteiger partial charge >= 0.3 is 0 Å². The second-order valence-electron chi connectivity index (χ2n) is 5.33. The first-order chi connectivity index (χ1) is 11.5. The molecular formula is C19H31N3O2. The van der Waals surface area contributed by atoms with Gasteiger partial charge in [-0.25, -0.2) is 0 Å². The minimum Gasteiger partial charge on any atom is -0.497 e. The first-order valence-electron chi connectivity index (χ1n) is 8.23. The molecule has 0 aromatic carbocycles. The highest BCUT2D eigenvalue weighted by atomic mass is 16.5. The molecule has 0 heterocycles. The van der Waals surface area contributed by atoms with Crippen molar-refractivity contribution in [3.63, 3.8) is 0 Å². The highest BCUT2D eigenvalue weighted by molar-refractivity contribution is 5.98. The van der Waals surface area contributed by atoms with Crippen LogP contribution in [0.1, 0.15) is 33.6 Å². The minimum atomic E-state index is -0.101. The Morgan fingerprint density at radius 2 is 2.00 bits per heavy atom. The summed E-state index contributed by atoms with van der Waals surface area (Å²) in [6.45, 7) is 11.1. The molecule has 0 aromatic rings. The largest absolute Gasteiger partial charge is 0.497 e. The van der Waals surface area contributed by atoms with Crippen LogP contribution in [0.15, 0.2) is 47.8 Å². The molecule has 0 aromatic heterocycles. The Hall–Kier alpha value is -2.14. The topological polar surface area (TPSA) is 69.4 Å². The van der Waals surface area contributed by atoms with Gasteiger partial charge < -0.3 is 9.47 Å². The Labute approximate surface area is 146 Å². The summed E-state index contributed by atoms with van der Waals surface area (Å²) >= 11 is 0. The molecule has 5 heteroatoms. The van der Waals surface area contributed by atoms with Gasteiger partial charge in [0.15, 0.2) is 6.40 Å². The summed E-state index contributed by atoms with van der Waals surface area (Å²) in [6, 6.07) is -0.0176. The Balaban J connectivity index is 0.00000163. The standard InChI is InChI=1S/C16H23N3O2.C3H8/c1-5-19(3)15-10-9-13(20-4)7-6-8-14(15)12(2)16(18)21-11-17;1-3-2/h7-11,15,17-18H,2,5-6H2,1,3-4H3;3H2,1-2H3/b10-9?,13-7+,14-8-,17-11?,18-16?;. The SMILES string of the molecule is C=C(C(=N)OC=N)/C1=C/C/C=C(/OC)C=CC1N(C)CC.CCC. The van der Waals surface area contributed by atoms with Crippen molar-refractivity contribution in [3.05, 3.63) is 47.8 Å². The van der Waals surface area contributed by atoms with Gasteiger partial charge in [0.1, 0.15) is 5.76 Å². The van der Waals surface area contributed by atoms with Crippen LogP contribution in [0.2, 0.25) is 0 Å². The van der Waals surface area contributed by atoms with Crippen LogP contribution in [-0.4, -0.2) is 43.9 Å². The lowest BCUT2D eigenvalue weighted by Gasteiger charge is -2.28. The van der Waals surface area contributed by atoms with Gasteiger partial charge in [-0.2, -0.15) is 0 Å². The van der Waals surface area contributed by atoms with Gasteiger partial charge in [0.25, 0.3) is 0 Å². The predicted octanol–water partition coefficient (Wildman–Crippen LogP) is 4.30. The minimum absolute atomic E-state index is 0.0176. The number of nitrogens with one attached hydrogen (secondary N) is 2. The summed E-state index contributed by atoms with van der Waals surface area (Å²) in [5.41, 5.74) is 1.40. The summed E-state index contributed by atoms with van der Waals surface area (Å²) in [4.78, 5) is 2.14. The average Bonchev–Trinajstić information content (AvgIpc) is 2.55. The first-order valence-corrected chi connectivity index (χ1v) is 8.23. The van der Waals surface area contributed by atoms with Crippen molar-refractivity contribution in [1.29, 1.82) is 10.8 Å². The lowest BCUT2D eigenvalue weighted by Crippen LogP contribution is -2.33. The molecule has 0 spiro atoms. The van der Waals surface area contributed by atoms with Crippen LogP contribution in [0.3, 0.4) is 0 Å². The van der Waals surface area contributed by atoms with Crippen LogP contribution < -0.4 is 0 Å². The van der Waals surface area contributed by atoms with Crippen molar-refractivity contribution in [2.45, 2.75) is 39.7 Å². The van der Waals surface area contributed by atoms with Crippen molar-refractivity contribution in [3.8, 4) is 0 Å². The molecule has 5 nitrogen and oxygen atoms in total. The van der Waals surface area contributed by atoms with E-state index in [2.05, 4.69) is 32.3 Å². The van der Waals surface area contributed by atoms with E-state index in [9.17, 15) is 0 Å². The van der Waals surface area contributed by atoms with E-state index in [4.69, 9.17) is 20.3 Å². The summed E-state index contributed by atoms with van der Waals surface area (Å²) in [7, 11) is 3.66. The number of ether oxygens (including phenoxy) is 2. The molecule has 24 heavy (non-hydrogen) atoms. The van der Waals surface area contributed by atoms with Crippen LogP contribution in [0.25, 0.3) is 0 Å². The maximum atomic E-state index is 7.82. The van der Waals surface area contributed by atoms with E-state index in [1.807, 2.05) is 31.4 Å². The zero-order valence-electron chi connectivity index (χ0n) is 15.6. The van der Waals surface area contributed by atoms with E-state index in [-0.39, 0.29) is 11.9 Å². The van der Waals surface area contributed by atoms with Crippen LogP contribution in [0.5, 0.6) is 0 Å². The van der Waals surface area contributed by atoms with E-state index < -0.39 is 0 Å². The highest BCUT2D eigenvalue weighted by Crippen LogP contribution is 2.23. The Morgan fingerprint density at radius 1 is 1.38 bits per heavy atom. The molecule has 0 aliphatic heterocycles. The van der Waals surface area contributed by atoms with E-state index in [1.54, 1.807) is 7.11 Å². The van der Waals surface area contributed by atoms with Crippen molar-refractivity contribution in [2.24, 2.45) is 0 Å². The van der Waals surface area contributed by atoms with Crippen LogP contribution in [-0.2, 0) is 9.47 Å². The molecule has 1 aliphatic carbocycles. The summed E-state index contributed by atoms with van der Waals surface area (Å²) < 4.78 is 10.1. The quantitative estimate of drug-likeness (QED) is 0.562. The zero-order chi connectivity index (χ0) is 18.5. The maximum absolute atomic E-state index is 7.82. The van der Waals surface area contributed by atoms with Crippen LogP contribution in [0.4, 0.5) is 0 Å². The number of nitrogens with zero attached hydrogens (tertiary/aromatic N) is 1.